The first-order chi connectivity index (χ1) is 17.8. The molecule has 0 radical (unpaired) electrons. The fourth-order valence-corrected chi connectivity index (χ4v) is 10.0. The van der Waals surface area contributed by atoms with Crippen molar-refractivity contribution in [2.75, 3.05) is 0 Å². The van der Waals surface area contributed by atoms with Gasteiger partial charge in [0.2, 0.25) is 0 Å². The maximum absolute atomic E-state index is 4.14. The Kier molecular flexibility index (Phi) is 8.59. The zero-order valence-electron chi connectivity index (χ0n) is 23.1. The third-order valence-corrected chi connectivity index (χ3v) is 10.3. The van der Waals surface area contributed by atoms with E-state index in [1.54, 1.807) is 5.20 Å². The molecule has 0 fully saturated rings. The van der Waals surface area contributed by atoms with Gasteiger partial charge in [-0.1, -0.05) is 134 Å². The van der Waals surface area contributed by atoms with E-state index in [2.05, 4.69) is 160 Å². The predicted octanol–water partition coefficient (Wildman–Crippen LogP) is 8.98. The molecule has 0 spiro atoms. The number of allylic oxidation sites excluding steroid dienone is 4. The molecule has 1 nitrogen and oxygen atoms in total. The molecule has 0 aromatic heterocycles. The first-order valence-corrected chi connectivity index (χ1v) is 16.3. The van der Waals surface area contributed by atoms with Gasteiger partial charge in [0, 0.05) is 11.5 Å². The molecule has 4 aromatic rings. The molecule has 5 rings (SSSR count). The molecule has 0 aliphatic heterocycles. The molecule has 1 aliphatic rings. The second kappa shape index (κ2) is 11.6. The quantitative estimate of drug-likeness (QED) is 0.238. The Morgan fingerprint density at radius 2 is 0.947 bits per heavy atom. The van der Waals surface area contributed by atoms with Gasteiger partial charge in [-0.05, 0) is 64.9 Å². The van der Waals surface area contributed by atoms with Gasteiger partial charge in [-0.25, -0.2) is 0 Å². The Balaban J connectivity index is 0.00000336. The van der Waals surface area contributed by atoms with Gasteiger partial charge in [0.1, 0.15) is 8.24 Å². The average Bonchev–Trinajstić information content (AvgIpc) is 3.27. The van der Waals surface area contributed by atoms with Gasteiger partial charge in [-0.3, -0.25) is 0 Å². The zero-order chi connectivity index (χ0) is 26.0. The molecule has 1 N–H and O–H groups in total. The number of nitrogens with one attached hydrogen (secondary N) is 1. The van der Waals surface area contributed by atoms with Crippen molar-refractivity contribution in [2.24, 2.45) is 0 Å². The van der Waals surface area contributed by atoms with Crippen LogP contribution in [0.1, 0.15) is 48.9 Å². The largest absolute Gasteiger partial charge is 2.00 e. The van der Waals surface area contributed by atoms with E-state index in [0.29, 0.717) is 0 Å². The fraction of sp³-hybridized carbons (Fsp3) is 0.200. The van der Waals surface area contributed by atoms with Gasteiger partial charge in [0.15, 0.2) is 0 Å². The second-order valence-electron chi connectivity index (χ2n) is 11.5. The average molecular weight is 548 g/mol. The van der Waals surface area contributed by atoms with Crippen LogP contribution in [-0.4, -0.2) is 13.8 Å². The van der Waals surface area contributed by atoms with Crippen molar-refractivity contribution in [1.82, 2.24) is 4.98 Å². The van der Waals surface area contributed by atoms with Crippen molar-refractivity contribution in [1.29, 1.82) is 0 Å². The summed E-state index contributed by atoms with van der Waals surface area (Å²) in [5.41, 5.74) is 9.38. The second-order valence-corrected chi connectivity index (χ2v) is 15.6. The van der Waals surface area contributed by atoms with Crippen LogP contribution in [0.25, 0.3) is 16.7 Å². The molecule has 0 saturated carbocycles. The van der Waals surface area contributed by atoms with Crippen LogP contribution in [0.4, 0.5) is 0 Å². The van der Waals surface area contributed by atoms with Gasteiger partial charge in [-0.15, -0.1) is 0 Å². The smallest absolute Gasteiger partial charge is 0.329 e. The molecule has 1 unspecified atom stereocenters. The van der Waals surface area contributed by atoms with E-state index >= 15 is 0 Å². The SMILES string of the molecule is CC(C)(C)N[Si](C)(C)C1=C(c2ccccc2)C(c2ccccc2)=C(c2ccccc2)C1c1ccccc1.[Ti+2]. The van der Waals surface area contributed by atoms with Crippen LogP contribution in [0, 0.1) is 0 Å². The van der Waals surface area contributed by atoms with E-state index < -0.39 is 8.24 Å². The van der Waals surface area contributed by atoms with Crippen LogP contribution in [0.2, 0.25) is 13.1 Å². The van der Waals surface area contributed by atoms with Crippen molar-refractivity contribution in [3.05, 3.63) is 149 Å². The summed E-state index contributed by atoms with van der Waals surface area (Å²) in [5, 5.41) is 1.55. The molecular weight excluding hydrogens is 510 g/mol. The third-order valence-electron chi connectivity index (χ3n) is 7.07. The number of hydrogen-bond acceptors (Lipinski definition) is 1. The van der Waals surface area contributed by atoms with Gasteiger partial charge in [0.05, 0.1) is 0 Å². The van der Waals surface area contributed by atoms with E-state index in [0.717, 1.165) is 0 Å². The normalized spacial score (nSPS) is 16.0. The number of rotatable bonds is 6. The number of hydrogen-bond donors (Lipinski definition) is 1. The summed E-state index contributed by atoms with van der Waals surface area (Å²) in [4.78, 5) is 4.14. The number of benzene rings is 4. The summed E-state index contributed by atoms with van der Waals surface area (Å²) < 4.78 is 0. The van der Waals surface area contributed by atoms with Gasteiger partial charge < -0.3 is 4.98 Å². The summed E-state index contributed by atoms with van der Waals surface area (Å²) in [7, 11) is -2.16. The summed E-state index contributed by atoms with van der Waals surface area (Å²) >= 11 is 0. The predicted molar refractivity (Wildman–Crippen MR) is 163 cm³/mol. The van der Waals surface area contributed by atoms with Gasteiger partial charge in [0.25, 0.3) is 0 Å². The minimum absolute atomic E-state index is 0. The molecule has 0 amide bonds. The summed E-state index contributed by atoms with van der Waals surface area (Å²) in [6.45, 7) is 11.9. The summed E-state index contributed by atoms with van der Waals surface area (Å²) in [6, 6.07) is 44.2. The zero-order valence-corrected chi connectivity index (χ0v) is 25.7. The van der Waals surface area contributed by atoms with Crippen LogP contribution in [-0.2, 0) is 21.7 Å². The molecule has 4 aromatic carbocycles. The molecule has 1 atom stereocenters. The molecule has 188 valence electrons. The van der Waals surface area contributed by atoms with Crippen LogP contribution < -0.4 is 4.98 Å². The van der Waals surface area contributed by atoms with E-state index in [4.69, 9.17) is 0 Å². The fourth-order valence-electron chi connectivity index (χ4n) is 6.10. The Labute approximate surface area is 244 Å². The monoisotopic (exact) mass is 547 g/mol. The molecule has 1 aliphatic carbocycles. The molecular formula is C35H37NSiTi+2. The maximum atomic E-state index is 4.14. The Morgan fingerprint density at radius 1 is 0.553 bits per heavy atom. The van der Waals surface area contributed by atoms with Gasteiger partial charge >= 0.3 is 21.7 Å². The summed E-state index contributed by atoms with van der Waals surface area (Å²) in [5.74, 6) is 0.172. The van der Waals surface area contributed by atoms with Crippen LogP contribution in [0.5, 0.6) is 0 Å². The molecule has 38 heavy (non-hydrogen) atoms. The molecule has 0 saturated heterocycles. The van der Waals surface area contributed by atoms with Crippen LogP contribution in [0.3, 0.4) is 0 Å². The van der Waals surface area contributed by atoms with Crippen LogP contribution >= 0.6 is 0 Å². The Hall–Kier alpha value is -2.75. The van der Waals surface area contributed by atoms with Crippen molar-refractivity contribution in [3.8, 4) is 0 Å². The Bertz CT molecular complexity index is 1420. The van der Waals surface area contributed by atoms with Crippen molar-refractivity contribution >= 4 is 25.0 Å². The van der Waals surface area contributed by atoms with Crippen molar-refractivity contribution < 1.29 is 21.7 Å². The van der Waals surface area contributed by atoms with Crippen molar-refractivity contribution in [3.63, 3.8) is 0 Å². The molecule has 0 bridgehead atoms. The van der Waals surface area contributed by atoms with E-state index in [1.807, 2.05) is 0 Å². The third kappa shape index (κ3) is 5.80. The molecule has 0 heterocycles. The van der Waals surface area contributed by atoms with Gasteiger partial charge in [-0.2, -0.15) is 0 Å². The van der Waals surface area contributed by atoms with Crippen molar-refractivity contribution in [2.45, 2.75) is 45.3 Å². The minimum Gasteiger partial charge on any atom is -0.329 e. The van der Waals surface area contributed by atoms with E-state index in [-0.39, 0.29) is 33.2 Å². The Morgan fingerprint density at radius 3 is 1.39 bits per heavy atom. The maximum Gasteiger partial charge on any atom is 2.00 e. The van der Waals surface area contributed by atoms with E-state index in [1.165, 1.54) is 39.0 Å². The molecule has 3 heteroatoms. The van der Waals surface area contributed by atoms with E-state index in [9.17, 15) is 0 Å². The summed E-state index contributed by atoms with van der Waals surface area (Å²) in [6.07, 6.45) is 0. The minimum atomic E-state index is -2.16. The van der Waals surface area contributed by atoms with Crippen LogP contribution in [0.15, 0.2) is 127 Å². The first-order valence-electron chi connectivity index (χ1n) is 13.3. The standard InChI is InChI=1S/C35H37NSi.Ti/c1-35(2,3)36-37(4,5)34-32(28-22-14-8-15-23-28)30(26-18-10-6-11-19-26)31(27-20-12-7-13-21-27)33(34)29-24-16-9-17-25-29;/h6-25,32,36H,1-5H3;/q;+2. The topological polar surface area (TPSA) is 12.0 Å². The first kappa shape index (κ1) is 28.3.